The molecule has 19 heavy (non-hydrogen) atoms. The third-order valence-corrected chi connectivity index (χ3v) is 4.58. The van der Waals surface area contributed by atoms with Gasteiger partial charge in [0.1, 0.15) is 0 Å². The number of carbonyl (C=O) groups excluding carboxylic acids is 1. The minimum Gasteiger partial charge on any atom is -0.325 e. The van der Waals surface area contributed by atoms with Crippen LogP contribution in [0.2, 0.25) is 0 Å². The molecular formula is C12H17BrN2O3S. The Bertz CT molecular complexity index is 597. The largest absolute Gasteiger partial charge is 0.325 e. The van der Waals surface area contributed by atoms with Crippen molar-refractivity contribution < 1.29 is 13.2 Å². The van der Waals surface area contributed by atoms with E-state index in [0.29, 0.717) is 16.6 Å². The summed E-state index contributed by atoms with van der Waals surface area (Å²) in [4.78, 5) is 12.0. The van der Waals surface area contributed by atoms with E-state index < -0.39 is 15.4 Å². The van der Waals surface area contributed by atoms with Crippen LogP contribution in [-0.2, 0) is 14.8 Å². The van der Waals surface area contributed by atoms with Crippen molar-refractivity contribution >= 4 is 37.5 Å². The van der Waals surface area contributed by atoms with Gasteiger partial charge in [0, 0.05) is 9.89 Å². The van der Waals surface area contributed by atoms with Crippen LogP contribution in [0, 0.1) is 5.41 Å². The van der Waals surface area contributed by atoms with Crippen LogP contribution < -0.4 is 10.5 Å². The summed E-state index contributed by atoms with van der Waals surface area (Å²) >= 11 is 3.22. The number of nitrogens with two attached hydrogens (primary N) is 1. The van der Waals surface area contributed by atoms with Gasteiger partial charge in [0.25, 0.3) is 0 Å². The van der Waals surface area contributed by atoms with Crippen molar-refractivity contribution in [3.8, 4) is 0 Å². The minimum atomic E-state index is -3.75. The van der Waals surface area contributed by atoms with Crippen LogP contribution in [0.3, 0.4) is 0 Å². The lowest BCUT2D eigenvalue weighted by molar-refractivity contribution is -0.124. The zero-order valence-electron chi connectivity index (χ0n) is 11.0. The first-order valence-corrected chi connectivity index (χ1v) is 8.05. The molecule has 0 radical (unpaired) electrons. The molecule has 7 heteroatoms. The normalized spacial score (nSPS) is 12.3. The first-order valence-electron chi connectivity index (χ1n) is 5.71. The molecule has 106 valence electrons. The van der Waals surface area contributed by atoms with Gasteiger partial charge in [0.15, 0.2) is 0 Å². The minimum absolute atomic E-state index is 0.00729. The van der Waals surface area contributed by atoms with Crippen molar-refractivity contribution in [1.82, 2.24) is 0 Å². The number of anilines is 1. The molecule has 1 amide bonds. The van der Waals surface area contributed by atoms with E-state index in [2.05, 4.69) is 21.2 Å². The lowest BCUT2D eigenvalue weighted by Crippen LogP contribution is -2.30. The Kier molecular flexibility index (Phi) is 4.76. The average molecular weight is 349 g/mol. The van der Waals surface area contributed by atoms with Crippen LogP contribution in [0.25, 0.3) is 0 Å². The van der Waals surface area contributed by atoms with Crippen LogP contribution >= 0.6 is 15.9 Å². The molecule has 0 aliphatic rings. The highest BCUT2D eigenvalue weighted by atomic mass is 79.9. The number of sulfonamides is 1. The fourth-order valence-electron chi connectivity index (χ4n) is 1.23. The van der Waals surface area contributed by atoms with Crippen molar-refractivity contribution in [1.29, 1.82) is 0 Å². The van der Waals surface area contributed by atoms with Gasteiger partial charge in [-0.2, -0.15) is 0 Å². The second kappa shape index (κ2) is 5.60. The maximum Gasteiger partial charge on any atom is 0.238 e. The predicted molar refractivity (Wildman–Crippen MR) is 78.2 cm³/mol. The summed E-state index contributed by atoms with van der Waals surface area (Å²) in [6.07, 6.45) is 0.700. The van der Waals surface area contributed by atoms with Gasteiger partial charge in [0.05, 0.1) is 10.6 Å². The Hall–Kier alpha value is -0.920. The van der Waals surface area contributed by atoms with Crippen molar-refractivity contribution in [3.63, 3.8) is 0 Å². The molecule has 5 nitrogen and oxygen atoms in total. The molecule has 0 atom stereocenters. The topological polar surface area (TPSA) is 89.3 Å². The average Bonchev–Trinajstić information content (AvgIpc) is 2.30. The van der Waals surface area contributed by atoms with E-state index in [-0.39, 0.29) is 10.8 Å². The van der Waals surface area contributed by atoms with Crippen molar-refractivity contribution in [2.45, 2.75) is 32.1 Å². The number of hydrogen-bond acceptors (Lipinski definition) is 3. The van der Waals surface area contributed by atoms with E-state index in [1.165, 1.54) is 18.2 Å². The molecule has 0 spiro atoms. The van der Waals surface area contributed by atoms with Crippen LogP contribution in [0.1, 0.15) is 27.2 Å². The van der Waals surface area contributed by atoms with Gasteiger partial charge >= 0.3 is 0 Å². The maximum absolute atomic E-state index is 12.0. The summed E-state index contributed by atoms with van der Waals surface area (Å²) in [6, 6.07) is 4.23. The van der Waals surface area contributed by atoms with Gasteiger partial charge in [-0.25, -0.2) is 13.6 Å². The van der Waals surface area contributed by atoms with Crippen molar-refractivity contribution in [2.75, 3.05) is 5.32 Å². The fourth-order valence-corrected chi connectivity index (χ4v) is 2.40. The van der Waals surface area contributed by atoms with Crippen molar-refractivity contribution in [2.24, 2.45) is 10.6 Å². The van der Waals surface area contributed by atoms with E-state index in [1.54, 1.807) is 0 Å². The molecule has 0 fully saturated rings. The van der Waals surface area contributed by atoms with Gasteiger partial charge in [-0.15, -0.1) is 0 Å². The third-order valence-electron chi connectivity index (χ3n) is 3.02. The quantitative estimate of drug-likeness (QED) is 0.875. The Morgan fingerprint density at radius 2 is 2.00 bits per heavy atom. The van der Waals surface area contributed by atoms with Gasteiger partial charge in [-0.1, -0.05) is 20.8 Å². The maximum atomic E-state index is 12.0. The lowest BCUT2D eigenvalue weighted by Gasteiger charge is -2.22. The molecule has 0 aliphatic heterocycles. The van der Waals surface area contributed by atoms with Crippen LogP contribution in [0.4, 0.5) is 5.69 Å². The molecule has 0 aromatic heterocycles. The number of carbonyl (C=O) groups is 1. The molecule has 1 aromatic rings. The third kappa shape index (κ3) is 4.02. The zero-order chi connectivity index (χ0) is 14.8. The van der Waals surface area contributed by atoms with E-state index in [0.717, 1.165) is 0 Å². The Morgan fingerprint density at radius 3 is 2.42 bits per heavy atom. The molecule has 1 rings (SSSR count). The van der Waals surface area contributed by atoms with Crippen LogP contribution in [0.15, 0.2) is 27.6 Å². The predicted octanol–water partition coefficient (Wildman–Crippen LogP) is 2.47. The van der Waals surface area contributed by atoms with Gasteiger partial charge in [-0.05, 0) is 40.5 Å². The summed E-state index contributed by atoms with van der Waals surface area (Å²) in [5.41, 5.74) is 0.0249. The van der Waals surface area contributed by atoms with Gasteiger partial charge < -0.3 is 5.32 Å². The molecular weight excluding hydrogens is 332 g/mol. The first kappa shape index (κ1) is 16.1. The molecule has 0 aliphatic carbocycles. The molecule has 0 saturated carbocycles. The van der Waals surface area contributed by atoms with Crippen LogP contribution in [0.5, 0.6) is 0 Å². The highest BCUT2D eigenvalue weighted by molar-refractivity contribution is 9.10. The Balaban J connectivity index is 3.03. The fraction of sp³-hybridized carbons (Fsp3) is 0.417. The lowest BCUT2D eigenvalue weighted by atomic mass is 9.89. The highest BCUT2D eigenvalue weighted by Crippen LogP contribution is 2.28. The smallest absolute Gasteiger partial charge is 0.238 e. The number of amides is 1. The molecule has 0 bridgehead atoms. The van der Waals surface area contributed by atoms with Crippen molar-refractivity contribution in [3.05, 3.63) is 22.7 Å². The Morgan fingerprint density at radius 1 is 1.42 bits per heavy atom. The standard InChI is InChI=1S/C12H17BrN2O3S/c1-4-12(2,3)11(16)15-10-6-5-8(7-9(10)13)19(14,17)18/h5-7H,4H2,1-3H3,(H,15,16)(H2,14,17,18). The number of hydrogen-bond donors (Lipinski definition) is 2. The monoisotopic (exact) mass is 348 g/mol. The van der Waals surface area contributed by atoms with Gasteiger partial charge in [-0.3, -0.25) is 4.79 Å². The number of nitrogens with one attached hydrogen (secondary N) is 1. The molecule has 3 N–H and O–H groups in total. The Labute approximate surface area is 121 Å². The summed E-state index contributed by atoms with van der Waals surface area (Å²) in [5, 5.41) is 7.79. The van der Waals surface area contributed by atoms with E-state index in [1.807, 2.05) is 20.8 Å². The first-order chi connectivity index (χ1) is 8.58. The summed E-state index contributed by atoms with van der Waals surface area (Å²) in [7, 11) is -3.75. The number of primary sulfonamides is 1. The summed E-state index contributed by atoms with van der Waals surface area (Å²) < 4.78 is 22.9. The second-order valence-corrected chi connectivity index (χ2v) is 7.29. The number of benzene rings is 1. The van der Waals surface area contributed by atoms with Crippen LogP contribution in [-0.4, -0.2) is 14.3 Å². The van der Waals surface area contributed by atoms with E-state index in [9.17, 15) is 13.2 Å². The zero-order valence-corrected chi connectivity index (χ0v) is 13.4. The number of halogens is 1. The molecule has 0 heterocycles. The summed E-state index contributed by atoms with van der Waals surface area (Å²) in [6.45, 7) is 5.61. The van der Waals surface area contributed by atoms with E-state index in [4.69, 9.17) is 5.14 Å². The molecule has 1 aromatic carbocycles. The summed E-state index contributed by atoms with van der Waals surface area (Å²) in [5.74, 6) is -0.126. The SMILES string of the molecule is CCC(C)(C)C(=O)Nc1ccc(S(N)(=O)=O)cc1Br. The number of rotatable bonds is 4. The molecule has 0 unspecified atom stereocenters. The van der Waals surface area contributed by atoms with Gasteiger partial charge in [0.2, 0.25) is 15.9 Å². The highest BCUT2D eigenvalue weighted by Gasteiger charge is 2.25. The van der Waals surface area contributed by atoms with E-state index >= 15 is 0 Å². The second-order valence-electron chi connectivity index (χ2n) is 4.88. The molecule has 0 saturated heterocycles.